The van der Waals surface area contributed by atoms with E-state index < -0.39 is 0 Å². The highest BCUT2D eigenvalue weighted by Crippen LogP contribution is 2.36. The zero-order valence-corrected chi connectivity index (χ0v) is 11.7. The molecule has 2 aliphatic rings. The van der Waals surface area contributed by atoms with Crippen LogP contribution in [0.2, 0.25) is 0 Å². The molecule has 0 radical (unpaired) electrons. The molecular formula is C15H18N2OS. The van der Waals surface area contributed by atoms with E-state index in [2.05, 4.69) is 23.5 Å². The topological polar surface area (TPSA) is 34.1 Å². The van der Waals surface area contributed by atoms with Gasteiger partial charge < -0.3 is 10.1 Å². The van der Waals surface area contributed by atoms with Crippen LogP contribution in [-0.4, -0.2) is 23.7 Å². The molecule has 2 heterocycles. The molecule has 1 saturated carbocycles. The summed E-state index contributed by atoms with van der Waals surface area (Å²) in [5, 5.41) is 4.84. The maximum Gasteiger partial charge on any atom is 0.124 e. The minimum atomic E-state index is 0.128. The highest BCUT2D eigenvalue weighted by molar-refractivity contribution is 7.18. The number of ether oxygens (including phenoxy) is 1. The second-order valence-electron chi connectivity index (χ2n) is 5.69. The minimum absolute atomic E-state index is 0.128. The van der Waals surface area contributed by atoms with Crippen molar-refractivity contribution in [3.05, 3.63) is 29.3 Å². The molecule has 1 unspecified atom stereocenters. The first kappa shape index (κ1) is 11.8. The van der Waals surface area contributed by atoms with E-state index in [1.54, 1.807) is 11.3 Å². The maximum absolute atomic E-state index is 6.12. The summed E-state index contributed by atoms with van der Waals surface area (Å²) >= 11 is 1.76. The van der Waals surface area contributed by atoms with E-state index in [1.807, 2.05) is 6.07 Å². The van der Waals surface area contributed by atoms with Crippen LogP contribution in [-0.2, 0) is 4.74 Å². The fraction of sp³-hybridized carbons (Fsp3) is 0.533. The van der Waals surface area contributed by atoms with Crippen molar-refractivity contribution >= 4 is 21.6 Å². The molecule has 19 heavy (non-hydrogen) atoms. The average molecular weight is 274 g/mol. The molecule has 1 aromatic heterocycles. The molecule has 0 bridgehead atoms. The summed E-state index contributed by atoms with van der Waals surface area (Å²) in [6.45, 7) is 1.74. The van der Waals surface area contributed by atoms with Crippen molar-refractivity contribution in [1.29, 1.82) is 0 Å². The second-order valence-corrected chi connectivity index (χ2v) is 6.75. The van der Waals surface area contributed by atoms with Gasteiger partial charge in [-0.1, -0.05) is 25.0 Å². The van der Waals surface area contributed by atoms with Gasteiger partial charge in [0.1, 0.15) is 11.1 Å². The Morgan fingerprint density at radius 3 is 2.84 bits per heavy atom. The Bertz CT molecular complexity index is 546. The van der Waals surface area contributed by atoms with Crippen LogP contribution in [0.4, 0.5) is 0 Å². The number of fused-ring (bicyclic) bond motifs is 1. The number of hydrogen-bond donors (Lipinski definition) is 1. The highest BCUT2D eigenvalue weighted by atomic mass is 32.1. The fourth-order valence-electron chi connectivity index (χ4n) is 3.24. The predicted molar refractivity (Wildman–Crippen MR) is 77.5 cm³/mol. The second kappa shape index (κ2) is 4.54. The van der Waals surface area contributed by atoms with Crippen LogP contribution in [0.1, 0.15) is 36.8 Å². The lowest BCUT2D eigenvalue weighted by molar-refractivity contribution is -0.0325. The summed E-state index contributed by atoms with van der Waals surface area (Å²) in [5.41, 5.74) is 1.36. The monoisotopic (exact) mass is 274 g/mol. The van der Waals surface area contributed by atoms with Crippen LogP contribution in [0.3, 0.4) is 0 Å². The Labute approximate surface area is 117 Å². The molecule has 1 aliphatic heterocycles. The van der Waals surface area contributed by atoms with Crippen molar-refractivity contribution < 1.29 is 4.74 Å². The number of rotatable bonds is 1. The summed E-state index contributed by atoms with van der Waals surface area (Å²) in [7, 11) is 0. The molecule has 1 aromatic carbocycles. The number of benzene rings is 1. The van der Waals surface area contributed by atoms with Gasteiger partial charge in [-0.2, -0.15) is 0 Å². The lowest BCUT2D eigenvalue weighted by Gasteiger charge is -2.37. The Balaban J connectivity index is 1.54. The van der Waals surface area contributed by atoms with Crippen LogP contribution in [0.5, 0.6) is 0 Å². The van der Waals surface area contributed by atoms with Crippen molar-refractivity contribution in [2.75, 3.05) is 13.2 Å². The van der Waals surface area contributed by atoms with Crippen molar-refractivity contribution in [2.24, 2.45) is 0 Å². The molecule has 1 N–H and O–H groups in total. The van der Waals surface area contributed by atoms with Crippen LogP contribution < -0.4 is 5.32 Å². The van der Waals surface area contributed by atoms with Crippen LogP contribution in [0.15, 0.2) is 24.3 Å². The van der Waals surface area contributed by atoms with E-state index in [0.717, 1.165) is 23.7 Å². The lowest BCUT2D eigenvalue weighted by Crippen LogP contribution is -2.53. The van der Waals surface area contributed by atoms with E-state index in [4.69, 9.17) is 9.72 Å². The van der Waals surface area contributed by atoms with E-state index in [-0.39, 0.29) is 11.6 Å². The van der Waals surface area contributed by atoms with Gasteiger partial charge in [0, 0.05) is 12.1 Å². The van der Waals surface area contributed by atoms with Crippen LogP contribution >= 0.6 is 11.3 Å². The number of hydrogen-bond acceptors (Lipinski definition) is 4. The molecule has 1 spiro atoms. The van der Waals surface area contributed by atoms with Gasteiger partial charge in [0.2, 0.25) is 0 Å². The summed E-state index contributed by atoms with van der Waals surface area (Å²) in [5.74, 6) is 0. The molecule has 1 aliphatic carbocycles. The number of aromatic nitrogens is 1. The van der Waals surface area contributed by atoms with Gasteiger partial charge in [-0.3, -0.25) is 0 Å². The van der Waals surface area contributed by atoms with Gasteiger partial charge in [0.25, 0.3) is 0 Å². The van der Waals surface area contributed by atoms with Gasteiger partial charge in [-0.15, -0.1) is 11.3 Å². The van der Waals surface area contributed by atoms with E-state index in [0.29, 0.717) is 0 Å². The predicted octanol–water partition coefficient (Wildman–Crippen LogP) is 3.27. The fourth-order valence-corrected chi connectivity index (χ4v) is 4.26. The molecule has 1 atom stereocenters. The van der Waals surface area contributed by atoms with Gasteiger partial charge >= 0.3 is 0 Å². The third kappa shape index (κ3) is 2.08. The summed E-state index contributed by atoms with van der Waals surface area (Å²) in [6.07, 6.45) is 5.33. The zero-order chi connectivity index (χ0) is 12.7. The molecule has 0 amide bonds. The SMILES string of the molecule is c1ccc2sc(C3CNC4(CCCC4)CO3)nc2c1. The Morgan fingerprint density at radius 2 is 2.11 bits per heavy atom. The van der Waals surface area contributed by atoms with E-state index >= 15 is 0 Å². The largest absolute Gasteiger partial charge is 0.368 e. The first-order valence-corrected chi connectivity index (χ1v) is 7.88. The van der Waals surface area contributed by atoms with Crippen molar-refractivity contribution in [3.8, 4) is 0 Å². The molecular weight excluding hydrogens is 256 g/mol. The molecule has 2 aromatic rings. The molecule has 4 heteroatoms. The average Bonchev–Trinajstić information content (AvgIpc) is 3.06. The Morgan fingerprint density at radius 1 is 1.26 bits per heavy atom. The quantitative estimate of drug-likeness (QED) is 0.866. The number of para-hydroxylation sites is 1. The summed E-state index contributed by atoms with van der Waals surface area (Å²) in [4.78, 5) is 4.70. The van der Waals surface area contributed by atoms with E-state index in [1.165, 1.54) is 30.4 Å². The first-order chi connectivity index (χ1) is 9.35. The van der Waals surface area contributed by atoms with Crippen molar-refractivity contribution in [1.82, 2.24) is 10.3 Å². The van der Waals surface area contributed by atoms with Gasteiger partial charge in [-0.05, 0) is 25.0 Å². The summed E-state index contributed by atoms with van der Waals surface area (Å²) < 4.78 is 7.37. The number of nitrogens with one attached hydrogen (secondary N) is 1. The van der Waals surface area contributed by atoms with Gasteiger partial charge in [0.15, 0.2) is 0 Å². The minimum Gasteiger partial charge on any atom is -0.368 e. The van der Waals surface area contributed by atoms with Crippen LogP contribution in [0.25, 0.3) is 10.2 Å². The normalized spacial score (nSPS) is 26.2. The Hall–Kier alpha value is -0.970. The molecule has 100 valence electrons. The third-order valence-corrected chi connectivity index (χ3v) is 5.50. The zero-order valence-electron chi connectivity index (χ0n) is 10.9. The first-order valence-electron chi connectivity index (χ1n) is 7.07. The van der Waals surface area contributed by atoms with E-state index in [9.17, 15) is 0 Å². The molecule has 3 nitrogen and oxygen atoms in total. The van der Waals surface area contributed by atoms with Crippen molar-refractivity contribution in [3.63, 3.8) is 0 Å². The lowest BCUT2D eigenvalue weighted by atomic mass is 9.97. The summed E-state index contributed by atoms with van der Waals surface area (Å²) in [6, 6.07) is 8.31. The number of morpholine rings is 1. The van der Waals surface area contributed by atoms with Crippen LogP contribution in [0, 0.1) is 0 Å². The Kier molecular flexibility index (Phi) is 2.83. The maximum atomic E-state index is 6.12. The van der Waals surface area contributed by atoms with Gasteiger partial charge in [0.05, 0.1) is 16.8 Å². The molecule has 2 fully saturated rings. The third-order valence-electron chi connectivity index (χ3n) is 4.37. The van der Waals surface area contributed by atoms with Crippen molar-refractivity contribution in [2.45, 2.75) is 37.3 Å². The highest BCUT2D eigenvalue weighted by Gasteiger charge is 2.39. The number of thiazole rings is 1. The smallest absolute Gasteiger partial charge is 0.124 e. The number of nitrogens with zero attached hydrogens (tertiary/aromatic N) is 1. The molecule has 1 saturated heterocycles. The molecule has 4 rings (SSSR count). The standard InChI is InChI=1S/C15H18N2OS/c1-2-6-13-11(5-1)17-14(19-13)12-9-16-15(10-18-12)7-3-4-8-15/h1-2,5-6,12,16H,3-4,7-10H2. The van der Waals surface area contributed by atoms with Gasteiger partial charge in [-0.25, -0.2) is 4.98 Å².